The zero-order valence-electron chi connectivity index (χ0n) is 23.5. The number of carbonyl (C=O) groups is 1. The first kappa shape index (κ1) is 30.4. The quantitative estimate of drug-likeness (QED) is 0.185. The van der Waals surface area contributed by atoms with Gasteiger partial charge in [-0.2, -0.15) is 13.2 Å². The Hall–Kier alpha value is -5.10. The number of anilines is 1. The molecule has 12 heteroatoms. The van der Waals surface area contributed by atoms with Crippen LogP contribution in [0.1, 0.15) is 38.4 Å². The zero-order chi connectivity index (χ0) is 31.3. The summed E-state index contributed by atoms with van der Waals surface area (Å²) in [6.45, 7) is -0.306. The lowest BCUT2D eigenvalue weighted by Gasteiger charge is -2.23. The molecule has 8 nitrogen and oxygen atoms in total. The number of rotatable bonds is 10. The van der Waals surface area contributed by atoms with E-state index < -0.39 is 23.5 Å². The Balaban J connectivity index is 1.41. The summed E-state index contributed by atoms with van der Waals surface area (Å²) in [4.78, 5) is 27.5. The highest BCUT2D eigenvalue weighted by Gasteiger charge is 2.31. The Morgan fingerprint density at radius 3 is 2.45 bits per heavy atom. The number of pyridine rings is 3. The number of benzene rings is 2. The number of nitrogens with one attached hydrogen (secondary N) is 1. The summed E-state index contributed by atoms with van der Waals surface area (Å²) in [6.07, 6.45) is -2.48. The van der Waals surface area contributed by atoms with Crippen molar-refractivity contribution in [2.24, 2.45) is 0 Å². The molecule has 3 heterocycles. The van der Waals surface area contributed by atoms with Crippen molar-refractivity contribution in [3.63, 3.8) is 0 Å². The lowest BCUT2D eigenvalue weighted by Crippen LogP contribution is -2.31. The fraction of sp³-hybridized carbons (Fsp3) is 0.188. The Bertz CT molecular complexity index is 1760. The van der Waals surface area contributed by atoms with Crippen molar-refractivity contribution in [2.45, 2.75) is 32.4 Å². The highest BCUT2D eigenvalue weighted by molar-refractivity contribution is 5.98. The molecule has 0 radical (unpaired) electrons. The predicted octanol–water partition coefficient (Wildman–Crippen LogP) is 6.14. The molecule has 5 rings (SSSR count). The van der Waals surface area contributed by atoms with Crippen molar-refractivity contribution in [3.8, 4) is 5.75 Å². The van der Waals surface area contributed by atoms with Gasteiger partial charge in [0.05, 0.1) is 49.3 Å². The number of aromatic nitrogens is 3. The fourth-order valence-electron chi connectivity index (χ4n) is 4.53. The number of ether oxygens (including phenoxy) is 1. The summed E-state index contributed by atoms with van der Waals surface area (Å²) in [7, 11) is 1.59. The van der Waals surface area contributed by atoms with Crippen molar-refractivity contribution in [2.75, 3.05) is 12.4 Å². The van der Waals surface area contributed by atoms with Gasteiger partial charge in [-0.3, -0.25) is 14.8 Å². The number of aliphatic hydroxyl groups is 1. The van der Waals surface area contributed by atoms with Crippen LogP contribution < -0.4 is 10.1 Å². The molecule has 0 fully saturated rings. The average molecular weight is 606 g/mol. The first-order valence-corrected chi connectivity index (χ1v) is 13.5. The SMILES string of the molecule is COc1ccc(CNc2nc3ccc(C(=O)N(Cc4ccc(C(F)(F)F)cn4)Cc4ncccc4F)cc3cc2CO)cc1. The molecule has 0 bridgehead atoms. The zero-order valence-corrected chi connectivity index (χ0v) is 23.5. The number of methoxy groups -OCH3 is 1. The molecule has 0 spiro atoms. The number of hydrogen-bond acceptors (Lipinski definition) is 7. The van der Waals surface area contributed by atoms with Crippen molar-refractivity contribution >= 4 is 22.6 Å². The minimum atomic E-state index is -4.56. The van der Waals surface area contributed by atoms with E-state index in [4.69, 9.17) is 4.74 Å². The molecule has 1 amide bonds. The van der Waals surface area contributed by atoms with Gasteiger partial charge in [0.2, 0.25) is 0 Å². The van der Waals surface area contributed by atoms with Crippen LogP contribution in [-0.2, 0) is 32.4 Å². The number of fused-ring (bicyclic) bond motifs is 1. The summed E-state index contributed by atoms with van der Waals surface area (Å²) in [5.74, 6) is 0.0652. The molecule has 3 aromatic heterocycles. The van der Waals surface area contributed by atoms with Gasteiger partial charge in [-0.25, -0.2) is 9.37 Å². The fourth-order valence-corrected chi connectivity index (χ4v) is 4.53. The number of hydrogen-bond donors (Lipinski definition) is 2. The third-order valence-electron chi connectivity index (χ3n) is 6.90. The molecule has 5 aromatic rings. The molecule has 0 aliphatic heterocycles. The smallest absolute Gasteiger partial charge is 0.417 e. The van der Waals surface area contributed by atoms with Gasteiger partial charge in [0.1, 0.15) is 17.4 Å². The predicted molar refractivity (Wildman–Crippen MR) is 155 cm³/mol. The largest absolute Gasteiger partial charge is 0.497 e. The number of aliphatic hydroxyl groups excluding tert-OH is 1. The van der Waals surface area contributed by atoms with Crippen molar-refractivity contribution in [1.82, 2.24) is 19.9 Å². The summed E-state index contributed by atoms with van der Waals surface area (Å²) in [6, 6.07) is 18.7. The number of alkyl halides is 3. The molecule has 2 aromatic carbocycles. The molecule has 226 valence electrons. The van der Waals surface area contributed by atoms with E-state index in [0.717, 1.165) is 17.4 Å². The van der Waals surface area contributed by atoms with Crippen LogP contribution in [0.3, 0.4) is 0 Å². The second-order valence-corrected chi connectivity index (χ2v) is 9.89. The maximum atomic E-state index is 14.5. The lowest BCUT2D eigenvalue weighted by molar-refractivity contribution is -0.137. The van der Waals surface area contributed by atoms with Gasteiger partial charge in [-0.05, 0) is 66.2 Å². The Morgan fingerprint density at radius 1 is 1.00 bits per heavy atom. The standard InChI is InChI=1S/C32H27F4N5O3/c1-44-26-9-4-20(5-10-26)15-39-30-23(19-42)14-22-13-21(6-11-28(22)40-30)31(43)41(18-29-27(33)3-2-12-37-29)17-25-8-7-24(16-38-25)32(34,35)36/h2-14,16,42H,15,17-19H2,1H3,(H,39,40). The monoisotopic (exact) mass is 605 g/mol. The van der Waals surface area contributed by atoms with Gasteiger partial charge < -0.3 is 20.1 Å². The van der Waals surface area contributed by atoms with E-state index in [1.165, 1.54) is 29.3 Å². The van der Waals surface area contributed by atoms with E-state index in [-0.39, 0.29) is 36.6 Å². The first-order valence-electron chi connectivity index (χ1n) is 13.5. The molecule has 0 unspecified atom stereocenters. The maximum absolute atomic E-state index is 14.5. The van der Waals surface area contributed by atoms with E-state index in [1.54, 1.807) is 31.4 Å². The minimum Gasteiger partial charge on any atom is -0.497 e. The van der Waals surface area contributed by atoms with Crippen LogP contribution in [0.5, 0.6) is 5.75 Å². The van der Waals surface area contributed by atoms with Crippen LogP contribution >= 0.6 is 0 Å². The third kappa shape index (κ3) is 7.09. The molecule has 0 saturated carbocycles. The molecule has 0 atom stereocenters. The highest BCUT2D eigenvalue weighted by atomic mass is 19.4. The Morgan fingerprint density at radius 2 is 1.80 bits per heavy atom. The topological polar surface area (TPSA) is 100 Å². The molecule has 44 heavy (non-hydrogen) atoms. The van der Waals surface area contributed by atoms with Crippen LogP contribution in [0.2, 0.25) is 0 Å². The maximum Gasteiger partial charge on any atom is 0.417 e. The molecule has 0 aliphatic carbocycles. The number of halogens is 4. The average Bonchev–Trinajstić information content (AvgIpc) is 3.03. The normalized spacial score (nSPS) is 11.4. The van der Waals surface area contributed by atoms with Crippen LogP contribution in [0.4, 0.5) is 23.4 Å². The van der Waals surface area contributed by atoms with E-state index in [9.17, 15) is 27.5 Å². The highest BCUT2D eigenvalue weighted by Crippen LogP contribution is 2.29. The lowest BCUT2D eigenvalue weighted by atomic mass is 10.1. The van der Waals surface area contributed by atoms with E-state index in [2.05, 4.69) is 20.3 Å². The van der Waals surface area contributed by atoms with Gasteiger partial charge in [-0.1, -0.05) is 12.1 Å². The molecule has 0 aliphatic rings. The minimum absolute atomic E-state index is 0.00893. The van der Waals surface area contributed by atoms with Crippen molar-refractivity contribution in [3.05, 3.63) is 125 Å². The van der Waals surface area contributed by atoms with Gasteiger partial charge in [0.25, 0.3) is 5.91 Å². The number of carbonyl (C=O) groups excluding carboxylic acids is 1. The molecular weight excluding hydrogens is 578 g/mol. The van der Waals surface area contributed by atoms with Crippen LogP contribution in [0, 0.1) is 5.82 Å². The van der Waals surface area contributed by atoms with E-state index >= 15 is 0 Å². The van der Waals surface area contributed by atoms with Crippen LogP contribution in [-0.4, -0.2) is 38.0 Å². The Labute approximate surface area is 250 Å². The summed E-state index contributed by atoms with van der Waals surface area (Å²) in [5, 5.41) is 13.8. The number of nitrogens with zero attached hydrogens (tertiary/aromatic N) is 4. The third-order valence-corrected chi connectivity index (χ3v) is 6.90. The van der Waals surface area contributed by atoms with Crippen molar-refractivity contribution in [1.29, 1.82) is 0 Å². The molecule has 2 N–H and O–H groups in total. The van der Waals surface area contributed by atoms with E-state index in [1.807, 2.05) is 24.3 Å². The number of amides is 1. The summed E-state index contributed by atoms with van der Waals surface area (Å²) in [5.41, 5.74) is 1.52. The van der Waals surface area contributed by atoms with Gasteiger partial charge in [-0.15, -0.1) is 0 Å². The van der Waals surface area contributed by atoms with Crippen molar-refractivity contribution < 1.29 is 32.2 Å². The molecular formula is C32H27F4N5O3. The molecule has 0 saturated heterocycles. The second-order valence-electron chi connectivity index (χ2n) is 9.89. The van der Waals surface area contributed by atoms with E-state index in [0.29, 0.717) is 35.0 Å². The summed E-state index contributed by atoms with van der Waals surface area (Å²) < 4.78 is 58.8. The Kier molecular flexibility index (Phi) is 9.00. The first-order chi connectivity index (χ1) is 21.1. The van der Waals surface area contributed by atoms with Crippen LogP contribution in [0.15, 0.2) is 85.2 Å². The van der Waals surface area contributed by atoms with Gasteiger partial charge in [0, 0.05) is 35.5 Å². The van der Waals surface area contributed by atoms with Gasteiger partial charge in [0.15, 0.2) is 0 Å². The second kappa shape index (κ2) is 13.0. The van der Waals surface area contributed by atoms with Crippen LogP contribution in [0.25, 0.3) is 10.9 Å². The van der Waals surface area contributed by atoms with Gasteiger partial charge >= 0.3 is 6.18 Å². The summed E-state index contributed by atoms with van der Waals surface area (Å²) >= 11 is 0.